The summed E-state index contributed by atoms with van der Waals surface area (Å²) in [6.07, 6.45) is 4.13. The number of sulfonamides is 1. The number of carboxylic acids is 1. The number of carbonyl (C=O) groups is 1. The highest BCUT2D eigenvalue weighted by molar-refractivity contribution is 7.92. The van der Waals surface area contributed by atoms with Crippen molar-refractivity contribution in [3.05, 3.63) is 47.3 Å². The number of furan rings is 1. The van der Waals surface area contributed by atoms with Crippen molar-refractivity contribution < 1.29 is 27.1 Å². The van der Waals surface area contributed by atoms with Crippen molar-refractivity contribution in [1.29, 1.82) is 0 Å². The zero-order valence-electron chi connectivity index (χ0n) is 15.7. The maximum atomic E-state index is 13.3. The summed E-state index contributed by atoms with van der Waals surface area (Å²) in [5.41, 5.74) is 1.02. The van der Waals surface area contributed by atoms with Crippen LogP contribution in [0.25, 0.3) is 22.4 Å². The number of hydrogen-bond acceptors (Lipinski definition) is 5. The normalized spacial score (nSPS) is 15.0. The van der Waals surface area contributed by atoms with E-state index in [1.54, 1.807) is 6.07 Å². The van der Waals surface area contributed by atoms with Gasteiger partial charge in [-0.1, -0.05) is 6.42 Å². The Morgan fingerprint density at radius 3 is 2.59 bits per heavy atom. The molecular formula is C20H19FN2O5S. The number of aryl methyl sites for hydroxylation is 1. The second-order valence-electron chi connectivity index (χ2n) is 7.09. The fourth-order valence-electron chi connectivity index (χ4n) is 3.65. The predicted molar refractivity (Wildman–Crippen MR) is 106 cm³/mol. The van der Waals surface area contributed by atoms with Crippen LogP contribution in [0.5, 0.6) is 0 Å². The summed E-state index contributed by atoms with van der Waals surface area (Å²) in [5, 5.41) is 10.1. The zero-order valence-corrected chi connectivity index (χ0v) is 16.5. The van der Waals surface area contributed by atoms with Crippen molar-refractivity contribution in [2.45, 2.75) is 25.7 Å². The Hall–Kier alpha value is -2.94. The van der Waals surface area contributed by atoms with E-state index in [-0.39, 0.29) is 22.9 Å². The second kappa shape index (κ2) is 7.14. The van der Waals surface area contributed by atoms with Gasteiger partial charge >= 0.3 is 5.97 Å². The van der Waals surface area contributed by atoms with E-state index in [1.807, 2.05) is 0 Å². The van der Waals surface area contributed by atoms with Gasteiger partial charge in [-0.15, -0.1) is 0 Å². The monoisotopic (exact) mass is 418 g/mol. The lowest BCUT2D eigenvalue weighted by Crippen LogP contribution is -2.33. The molecule has 1 N–H and O–H groups in total. The third-order valence-electron chi connectivity index (χ3n) is 5.00. The molecule has 3 aromatic rings. The van der Waals surface area contributed by atoms with Gasteiger partial charge in [0.25, 0.3) is 0 Å². The van der Waals surface area contributed by atoms with Crippen LogP contribution in [0.1, 0.15) is 35.2 Å². The maximum Gasteiger partial charge on any atom is 0.340 e. The summed E-state index contributed by atoms with van der Waals surface area (Å²) < 4.78 is 44.9. The number of carboxylic acid groups (broad SMARTS) is 1. The molecule has 2 aromatic heterocycles. The van der Waals surface area contributed by atoms with Gasteiger partial charge in [-0.05, 0) is 55.2 Å². The van der Waals surface area contributed by atoms with Crippen molar-refractivity contribution in [3.8, 4) is 11.3 Å². The summed E-state index contributed by atoms with van der Waals surface area (Å²) in [7, 11) is -3.55. The highest BCUT2D eigenvalue weighted by atomic mass is 32.2. The van der Waals surface area contributed by atoms with Crippen LogP contribution in [0.15, 0.2) is 34.7 Å². The average Bonchev–Trinajstić information content (AvgIpc) is 2.99. The molecule has 1 aliphatic rings. The molecule has 0 unspecified atom stereocenters. The van der Waals surface area contributed by atoms with Gasteiger partial charge in [0.15, 0.2) is 5.76 Å². The fraction of sp³-hybridized carbons (Fsp3) is 0.300. The van der Waals surface area contributed by atoms with Gasteiger partial charge in [-0.25, -0.2) is 17.6 Å². The Labute approximate surface area is 166 Å². The van der Waals surface area contributed by atoms with E-state index in [0.29, 0.717) is 35.9 Å². The van der Waals surface area contributed by atoms with E-state index in [2.05, 4.69) is 4.98 Å². The molecule has 1 aromatic carbocycles. The number of hydrogen-bond donors (Lipinski definition) is 1. The molecule has 29 heavy (non-hydrogen) atoms. The summed E-state index contributed by atoms with van der Waals surface area (Å²) in [5.74, 6) is -1.32. The molecule has 9 heteroatoms. The van der Waals surface area contributed by atoms with Crippen LogP contribution in [0.3, 0.4) is 0 Å². The minimum atomic E-state index is -3.55. The quantitative estimate of drug-likeness (QED) is 0.694. The third-order valence-corrected chi connectivity index (χ3v) is 6.16. The van der Waals surface area contributed by atoms with E-state index in [9.17, 15) is 22.7 Å². The Bertz CT molecular complexity index is 1200. The van der Waals surface area contributed by atoms with Crippen LogP contribution >= 0.6 is 0 Å². The van der Waals surface area contributed by atoms with Gasteiger partial charge in [0.05, 0.1) is 11.6 Å². The molecule has 0 fully saturated rings. The Morgan fingerprint density at radius 1 is 1.21 bits per heavy atom. The first-order valence-electron chi connectivity index (χ1n) is 9.19. The minimum Gasteiger partial charge on any atom is -0.478 e. The number of benzene rings is 1. The van der Waals surface area contributed by atoms with Crippen LogP contribution in [0.2, 0.25) is 0 Å². The number of rotatable bonds is 3. The lowest BCUT2D eigenvalue weighted by atomic mass is 10.0. The molecule has 3 heterocycles. The first kappa shape index (κ1) is 19.4. The summed E-state index contributed by atoms with van der Waals surface area (Å²) in [6, 6.07) is 6.94. The SMILES string of the molecule is CS(=O)(=O)N1CCCCCc2cc3c(C(=O)O)c(-c4ccc(F)cc4)oc3nc21. The van der Waals surface area contributed by atoms with Crippen molar-refractivity contribution in [1.82, 2.24) is 4.98 Å². The van der Waals surface area contributed by atoms with Crippen LogP contribution in [-0.2, 0) is 16.4 Å². The molecule has 0 amide bonds. The molecule has 4 rings (SSSR count). The number of nitrogens with zero attached hydrogens (tertiary/aromatic N) is 2. The molecule has 0 saturated carbocycles. The molecule has 1 aliphatic heterocycles. The molecule has 0 saturated heterocycles. The van der Waals surface area contributed by atoms with Gasteiger partial charge in [-0.3, -0.25) is 4.31 Å². The maximum absolute atomic E-state index is 13.3. The standard InChI is InChI=1S/C20H19FN2O5S/c1-29(26,27)23-10-4-2-3-5-13-11-15-16(20(24)25)17(28-19(15)22-18(13)23)12-6-8-14(21)9-7-12/h6-9,11H,2-5,10H2,1H3,(H,24,25). The number of aromatic nitrogens is 1. The van der Waals surface area contributed by atoms with Crippen molar-refractivity contribution in [3.63, 3.8) is 0 Å². The molecule has 0 radical (unpaired) electrons. The van der Waals surface area contributed by atoms with Gasteiger partial charge in [-0.2, -0.15) is 4.98 Å². The largest absolute Gasteiger partial charge is 0.478 e. The number of pyridine rings is 1. The molecule has 0 aliphatic carbocycles. The first-order valence-corrected chi connectivity index (χ1v) is 11.0. The molecule has 0 atom stereocenters. The van der Waals surface area contributed by atoms with Crippen molar-refractivity contribution in [2.24, 2.45) is 0 Å². The number of aromatic carboxylic acids is 1. The second-order valence-corrected chi connectivity index (χ2v) is 8.99. The summed E-state index contributed by atoms with van der Waals surface area (Å²) in [4.78, 5) is 16.4. The summed E-state index contributed by atoms with van der Waals surface area (Å²) in [6.45, 7) is 0.307. The Kier molecular flexibility index (Phi) is 4.77. The third kappa shape index (κ3) is 3.57. The van der Waals surface area contributed by atoms with Crippen molar-refractivity contribution >= 4 is 32.9 Å². The predicted octanol–water partition coefficient (Wildman–Crippen LogP) is 3.82. The lowest BCUT2D eigenvalue weighted by Gasteiger charge is -2.25. The van der Waals surface area contributed by atoms with Gasteiger partial charge < -0.3 is 9.52 Å². The van der Waals surface area contributed by atoms with E-state index < -0.39 is 21.8 Å². The van der Waals surface area contributed by atoms with Crippen LogP contribution < -0.4 is 4.31 Å². The van der Waals surface area contributed by atoms with E-state index in [4.69, 9.17) is 4.42 Å². The Balaban J connectivity index is 1.98. The topological polar surface area (TPSA) is 101 Å². The summed E-state index contributed by atoms with van der Waals surface area (Å²) >= 11 is 0. The van der Waals surface area contributed by atoms with Crippen LogP contribution in [0, 0.1) is 5.82 Å². The van der Waals surface area contributed by atoms with Crippen molar-refractivity contribution in [2.75, 3.05) is 17.1 Å². The zero-order chi connectivity index (χ0) is 20.8. The Morgan fingerprint density at radius 2 is 1.93 bits per heavy atom. The highest BCUT2D eigenvalue weighted by Crippen LogP contribution is 2.37. The molecule has 7 nitrogen and oxygen atoms in total. The number of halogens is 1. The lowest BCUT2D eigenvalue weighted by molar-refractivity contribution is 0.0699. The first-order chi connectivity index (χ1) is 13.8. The minimum absolute atomic E-state index is 0.0368. The van der Waals surface area contributed by atoms with Gasteiger partial charge in [0.1, 0.15) is 17.2 Å². The van der Waals surface area contributed by atoms with Crippen LogP contribution in [-0.4, -0.2) is 37.3 Å². The van der Waals surface area contributed by atoms with Gasteiger partial charge in [0, 0.05) is 12.1 Å². The van der Waals surface area contributed by atoms with E-state index >= 15 is 0 Å². The molecular weight excluding hydrogens is 399 g/mol. The molecule has 0 spiro atoms. The smallest absolute Gasteiger partial charge is 0.340 e. The average molecular weight is 418 g/mol. The molecule has 0 bridgehead atoms. The number of anilines is 1. The van der Waals surface area contributed by atoms with E-state index in [0.717, 1.165) is 19.1 Å². The fourth-order valence-corrected chi connectivity index (χ4v) is 4.58. The number of fused-ring (bicyclic) bond motifs is 2. The highest BCUT2D eigenvalue weighted by Gasteiger charge is 2.28. The van der Waals surface area contributed by atoms with E-state index in [1.165, 1.54) is 28.6 Å². The van der Waals surface area contributed by atoms with Gasteiger partial charge in [0.2, 0.25) is 15.7 Å². The van der Waals surface area contributed by atoms with Crippen LogP contribution in [0.4, 0.5) is 10.2 Å². The molecule has 152 valence electrons.